The molecule has 5 nitrogen and oxygen atoms in total. The molecule has 1 saturated heterocycles. The van der Waals surface area contributed by atoms with E-state index < -0.39 is 0 Å². The number of likely N-dealkylation sites (tertiary alicyclic amines) is 1. The average Bonchev–Trinajstić information content (AvgIpc) is 3.02. The number of piperidine rings is 1. The van der Waals surface area contributed by atoms with Crippen molar-refractivity contribution in [2.24, 2.45) is 5.92 Å². The van der Waals surface area contributed by atoms with E-state index in [2.05, 4.69) is 37.8 Å². The van der Waals surface area contributed by atoms with Gasteiger partial charge in [0.2, 0.25) is 0 Å². The predicted molar refractivity (Wildman–Crippen MR) is 83.3 cm³/mol. The molecule has 3 rings (SSSR count). The summed E-state index contributed by atoms with van der Waals surface area (Å²) in [5.74, 6) is 1.85. The molecular weight excluding hydrogens is 286 g/mol. The fraction of sp³-hybridized carbons (Fsp3) is 0.600. The van der Waals surface area contributed by atoms with Gasteiger partial charge in [-0.3, -0.25) is 10.00 Å². The van der Waals surface area contributed by atoms with Gasteiger partial charge in [0.1, 0.15) is 5.82 Å². The quantitative estimate of drug-likeness (QED) is 0.945. The van der Waals surface area contributed by atoms with Crippen LogP contribution in [0.4, 0.5) is 0 Å². The second kappa shape index (κ2) is 6.20. The summed E-state index contributed by atoms with van der Waals surface area (Å²) in [7, 11) is 0. The van der Waals surface area contributed by atoms with Crippen molar-refractivity contribution >= 4 is 11.6 Å². The fourth-order valence-corrected chi connectivity index (χ4v) is 3.13. The van der Waals surface area contributed by atoms with Gasteiger partial charge in [0, 0.05) is 25.5 Å². The fourth-order valence-electron chi connectivity index (χ4n) is 2.98. The van der Waals surface area contributed by atoms with Crippen LogP contribution in [0.3, 0.4) is 0 Å². The van der Waals surface area contributed by atoms with E-state index in [-0.39, 0.29) is 0 Å². The number of imidazole rings is 1. The maximum atomic E-state index is 6.24. The van der Waals surface area contributed by atoms with E-state index in [4.69, 9.17) is 11.6 Å². The van der Waals surface area contributed by atoms with E-state index in [0.717, 1.165) is 54.3 Å². The maximum absolute atomic E-state index is 6.24. The van der Waals surface area contributed by atoms with E-state index in [1.165, 1.54) is 12.8 Å². The monoisotopic (exact) mass is 307 g/mol. The lowest BCUT2D eigenvalue weighted by Crippen LogP contribution is -2.34. The molecule has 0 unspecified atom stereocenters. The average molecular weight is 308 g/mol. The van der Waals surface area contributed by atoms with Crippen LogP contribution in [0.5, 0.6) is 0 Å². The Kier molecular flexibility index (Phi) is 4.31. The number of nitrogens with one attached hydrogen (secondary N) is 1. The number of aromatic nitrogens is 4. The number of rotatable bonds is 4. The molecule has 1 aliphatic rings. The lowest BCUT2D eigenvalue weighted by atomic mass is 9.96. The van der Waals surface area contributed by atoms with E-state index in [1.54, 1.807) is 0 Å². The Hall–Kier alpha value is -1.33. The molecule has 0 saturated carbocycles. The number of hydrogen-bond acceptors (Lipinski definition) is 3. The van der Waals surface area contributed by atoms with Crippen molar-refractivity contribution in [1.29, 1.82) is 0 Å². The summed E-state index contributed by atoms with van der Waals surface area (Å²) in [4.78, 5) is 6.73. The third-order valence-electron chi connectivity index (χ3n) is 4.40. The summed E-state index contributed by atoms with van der Waals surface area (Å²) < 4.78 is 2.26. The van der Waals surface area contributed by atoms with Crippen molar-refractivity contribution in [2.45, 2.75) is 39.8 Å². The van der Waals surface area contributed by atoms with Crippen molar-refractivity contribution in [3.05, 3.63) is 34.6 Å². The number of hydrogen-bond donors (Lipinski definition) is 1. The van der Waals surface area contributed by atoms with E-state index in [9.17, 15) is 0 Å². The van der Waals surface area contributed by atoms with Crippen molar-refractivity contribution in [3.63, 3.8) is 0 Å². The van der Waals surface area contributed by atoms with E-state index >= 15 is 0 Å². The summed E-state index contributed by atoms with van der Waals surface area (Å²) in [6.07, 6.45) is 6.40. The molecule has 1 aliphatic heterocycles. The highest BCUT2D eigenvalue weighted by molar-refractivity contribution is 6.31. The molecule has 1 N–H and O–H groups in total. The van der Waals surface area contributed by atoms with Crippen LogP contribution < -0.4 is 0 Å². The maximum Gasteiger partial charge on any atom is 0.105 e. The largest absolute Gasteiger partial charge is 0.335 e. The number of nitrogens with zero attached hydrogens (tertiary/aromatic N) is 4. The summed E-state index contributed by atoms with van der Waals surface area (Å²) in [6, 6.07) is 0. The first-order chi connectivity index (χ1) is 10.1. The van der Waals surface area contributed by atoms with Crippen molar-refractivity contribution in [3.8, 4) is 0 Å². The Morgan fingerprint density at radius 1 is 1.33 bits per heavy atom. The molecule has 21 heavy (non-hydrogen) atoms. The van der Waals surface area contributed by atoms with Crippen LogP contribution in [0.15, 0.2) is 12.4 Å². The molecule has 0 amide bonds. The molecule has 1 fully saturated rings. The first kappa shape index (κ1) is 14.6. The molecular formula is C15H22ClN5. The number of H-pyrrole nitrogens is 1. The number of halogens is 1. The van der Waals surface area contributed by atoms with Gasteiger partial charge in [-0.2, -0.15) is 5.10 Å². The minimum atomic E-state index is 0.741. The highest BCUT2D eigenvalue weighted by Crippen LogP contribution is 2.23. The molecule has 114 valence electrons. The Bertz CT molecular complexity index is 595. The SMILES string of the molecule is Cc1[nH]nc(CN2CCC(Cn3ccnc3C)CC2)c1Cl. The molecule has 0 bridgehead atoms. The number of aryl methyl sites for hydroxylation is 2. The predicted octanol–water partition coefficient (Wildman–Crippen LogP) is 2.79. The van der Waals surface area contributed by atoms with Gasteiger partial charge in [0.15, 0.2) is 0 Å². The van der Waals surface area contributed by atoms with Crippen LogP contribution in [0.25, 0.3) is 0 Å². The van der Waals surface area contributed by atoms with Crippen molar-refractivity contribution in [2.75, 3.05) is 13.1 Å². The van der Waals surface area contributed by atoms with Crippen LogP contribution >= 0.6 is 11.6 Å². The molecule has 0 aromatic carbocycles. The second-order valence-corrected chi connectivity index (χ2v) is 6.33. The molecule has 2 aromatic rings. The smallest absolute Gasteiger partial charge is 0.105 e. The molecule has 3 heterocycles. The highest BCUT2D eigenvalue weighted by Gasteiger charge is 2.21. The standard InChI is InChI=1S/C15H22ClN5/c1-11-15(16)14(19-18-11)10-20-6-3-13(4-7-20)9-21-8-5-17-12(21)2/h5,8,13H,3-4,6-7,9-10H2,1-2H3,(H,18,19). The van der Waals surface area contributed by atoms with Gasteiger partial charge >= 0.3 is 0 Å². The van der Waals surface area contributed by atoms with Crippen LogP contribution in [0.2, 0.25) is 5.02 Å². The van der Waals surface area contributed by atoms with Crippen LogP contribution in [-0.4, -0.2) is 37.7 Å². The zero-order valence-corrected chi connectivity index (χ0v) is 13.4. The Labute approximate surface area is 130 Å². The third-order valence-corrected chi connectivity index (χ3v) is 4.90. The first-order valence-electron chi connectivity index (χ1n) is 7.53. The Balaban J connectivity index is 1.51. The summed E-state index contributed by atoms with van der Waals surface area (Å²) in [5, 5.41) is 8.03. The van der Waals surface area contributed by atoms with Gasteiger partial charge in [-0.05, 0) is 45.7 Å². The normalized spacial score (nSPS) is 17.5. The highest BCUT2D eigenvalue weighted by atomic mass is 35.5. The molecule has 6 heteroatoms. The number of aromatic amines is 1. The molecule has 0 radical (unpaired) electrons. The Morgan fingerprint density at radius 2 is 2.10 bits per heavy atom. The minimum absolute atomic E-state index is 0.741. The van der Waals surface area contributed by atoms with Crippen LogP contribution in [0.1, 0.15) is 30.1 Å². The van der Waals surface area contributed by atoms with Gasteiger partial charge in [-0.15, -0.1) is 0 Å². The zero-order chi connectivity index (χ0) is 14.8. The molecule has 0 aliphatic carbocycles. The van der Waals surface area contributed by atoms with Gasteiger partial charge in [-0.1, -0.05) is 11.6 Å². The van der Waals surface area contributed by atoms with Gasteiger partial charge in [-0.25, -0.2) is 4.98 Å². The summed E-state index contributed by atoms with van der Waals surface area (Å²) in [6.45, 7) is 8.18. The van der Waals surface area contributed by atoms with Crippen molar-refractivity contribution < 1.29 is 0 Å². The second-order valence-electron chi connectivity index (χ2n) is 5.96. The zero-order valence-electron chi connectivity index (χ0n) is 12.6. The van der Waals surface area contributed by atoms with Gasteiger partial charge < -0.3 is 4.57 Å². The van der Waals surface area contributed by atoms with E-state index in [0.29, 0.717) is 0 Å². The van der Waals surface area contributed by atoms with Gasteiger partial charge in [0.05, 0.1) is 16.4 Å². The minimum Gasteiger partial charge on any atom is -0.335 e. The lowest BCUT2D eigenvalue weighted by molar-refractivity contribution is 0.165. The lowest BCUT2D eigenvalue weighted by Gasteiger charge is -2.31. The van der Waals surface area contributed by atoms with Crippen molar-refractivity contribution in [1.82, 2.24) is 24.6 Å². The molecule has 2 aromatic heterocycles. The molecule has 0 spiro atoms. The molecule has 0 atom stereocenters. The summed E-state index contributed by atoms with van der Waals surface area (Å²) in [5.41, 5.74) is 1.93. The first-order valence-corrected chi connectivity index (χ1v) is 7.90. The van der Waals surface area contributed by atoms with Gasteiger partial charge in [0.25, 0.3) is 0 Å². The van der Waals surface area contributed by atoms with Crippen LogP contribution in [-0.2, 0) is 13.1 Å². The summed E-state index contributed by atoms with van der Waals surface area (Å²) >= 11 is 6.24. The third kappa shape index (κ3) is 3.30. The van der Waals surface area contributed by atoms with E-state index in [1.807, 2.05) is 13.1 Å². The Morgan fingerprint density at radius 3 is 2.67 bits per heavy atom. The van der Waals surface area contributed by atoms with Crippen LogP contribution in [0, 0.1) is 19.8 Å². The topological polar surface area (TPSA) is 49.7 Å².